The standard InChI is InChI=1S/C25H30Cl2N6O8/c1-33(13-23(37)29-17-11-21(35)19(9-15(17)27)31-25(39)41-3)6-4-32(5-7-33)12-22(36)28-16-10-20(34)18(8-14(16)26)30-24(38)40-2/h8-11H,4-7,12-13H2,1-3H3,(H5-,28,29,30,31,34,35,36,37,38,39)/p+1. The highest BCUT2D eigenvalue weighted by Crippen LogP contribution is 2.35. The van der Waals surface area contributed by atoms with Gasteiger partial charge in [-0.1, -0.05) is 23.2 Å². The number of hydrogen-bond donors (Lipinski definition) is 6. The van der Waals surface area contributed by atoms with Crippen LogP contribution in [-0.2, 0) is 19.1 Å². The maximum atomic E-state index is 12.8. The van der Waals surface area contributed by atoms with E-state index >= 15 is 0 Å². The summed E-state index contributed by atoms with van der Waals surface area (Å²) in [6, 6.07) is 5.05. The van der Waals surface area contributed by atoms with Gasteiger partial charge in [-0.15, -0.1) is 0 Å². The minimum atomic E-state index is -0.784. The van der Waals surface area contributed by atoms with Gasteiger partial charge in [0, 0.05) is 25.2 Å². The number of nitrogens with zero attached hydrogens (tertiary/aromatic N) is 2. The van der Waals surface area contributed by atoms with Crippen LogP contribution < -0.4 is 21.3 Å². The average Bonchev–Trinajstić information content (AvgIpc) is 2.90. The van der Waals surface area contributed by atoms with E-state index < -0.39 is 12.2 Å². The van der Waals surface area contributed by atoms with Crippen molar-refractivity contribution in [2.45, 2.75) is 0 Å². The van der Waals surface area contributed by atoms with Crippen LogP contribution in [-0.4, -0.2) is 104 Å². The number of rotatable bonds is 8. The summed E-state index contributed by atoms with van der Waals surface area (Å²) in [5.41, 5.74) is 0.428. The molecule has 1 fully saturated rings. The number of quaternary nitrogens is 1. The first-order valence-corrected chi connectivity index (χ1v) is 13.0. The van der Waals surface area contributed by atoms with Crippen LogP contribution in [0.4, 0.5) is 32.3 Å². The Balaban J connectivity index is 1.51. The first kappa shape index (κ1) is 31.5. The molecular weight excluding hydrogens is 583 g/mol. The summed E-state index contributed by atoms with van der Waals surface area (Å²) < 4.78 is 9.38. The summed E-state index contributed by atoms with van der Waals surface area (Å²) in [6.07, 6.45) is -1.57. The van der Waals surface area contributed by atoms with E-state index in [1.165, 1.54) is 38.5 Å². The van der Waals surface area contributed by atoms with Crippen molar-refractivity contribution in [3.63, 3.8) is 0 Å². The zero-order chi connectivity index (χ0) is 30.3. The average molecular weight is 614 g/mol. The SMILES string of the molecule is COC(=O)Nc1cc(Cl)c(NC(=O)CN2CC[N+](C)(CC(=O)Nc3cc(O)c(NC(=O)OC)cc3Cl)CC2)cc1O. The molecule has 0 atom stereocenters. The zero-order valence-corrected chi connectivity index (χ0v) is 24.1. The Kier molecular flexibility index (Phi) is 10.5. The van der Waals surface area contributed by atoms with Crippen molar-refractivity contribution in [3.8, 4) is 11.5 Å². The van der Waals surface area contributed by atoms with Crippen molar-refractivity contribution < 1.29 is 43.3 Å². The molecule has 16 heteroatoms. The lowest BCUT2D eigenvalue weighted by Crippen LogP contribution is -2.60. The van der Waals surface area contributed by atoms with Crippen molar-refractivity contribution in [2.24, 2.45) is 0 Å². The Morgan fingerprint density at radius 3 is 1.66 bits per heavy atom. The number of benzene rings is 2. The minimum absolute atomic E-state index is 0.0311. The van der Waals surface area contributed by atoms with Gasteiger partial charge in [0.25, 0.3) is 5.91 Å². The van der Waals surface area contributed by atoms with E-state index in [1.807, 2.05) is 11.9 Å². The minimum Gasteiger partial charge on any atom is -0.506 e. The van der Waals surface area contributed by atoms with E-state index in [9.17, 15) is 29.4 Å². The number of aromatic hydroxyl groups is 2. The second-order valence-electron chi connectivity index (χ2n) is 9.53. The predicted octanol–water partition coefficient (Wildman–Crippen LogP) is 3.10. The molecule has 1 aliphatic heterocycles. The van der Waals surface area contributed by atoms with Gasteiger partial charge in [0.2, 0.25) is 5.91 Å². The van der Waals surface area contributed by atoms with Gasteiger partial charge in [0.05, 0.1) is 73.7 Å². The van der Waals surface area contributed by atoms with Gasteiger partial charge in [-0.2, -0.15) is 0 Å². The number of hydrogen-bond acceptors (Lipinski definition) is 9. The zero-order valence-electron chi connectivity index (χ0n) is 22.5. The van der Waals surface area contributed by atoms with Crippen LogP contribution in [0.15, 0.2) is 24.3 Å². The Hall–Kier alpha value is -3.98. The Morgan fingerprint density at radius 2 is 1.22 bits per heavy atom. The number of phenols is 2. The highest BCUT2D eigenvalue weighted by molar-refractivity contribution is 6.34. The van der Waals surface area contributed by atoms with E-state index in [2.05, 4.69) is 30.7 Å². The summed E-state index contributed by atoms with van der Waals surface area (Å²) >= 11 is 12.4. The summed E-state index contributed by atoms with van der Waals surface area (Å²) in [7, 11) is 4.28. The molecule has 0 radical (unpaired) electrons. The molecule has 3 rings (SSSR count). The number of nitrogens with one attached hydrogen (secondary N) is 4. The fourth-order valence-corrected chi connectivity index (χ4v) is 4.49. The van der Waals surface area contributed by atoms with Crippen LogP contribution in [0.5, 0.6) is 11.5 Å². The third-order valence-electron chi connectivity index (χ3n) is 6.37. The monoisotopic (exact) mass is 613 g/mol. The van der Waals surface area contributed by atoms with E-state index in [0.29, 0.717) is 30.7 Å². The van der Waals surface area contributed by atoms with Crippen molar-refractivity contribution in [1.29, 1.82) is 0 Å². The predicted molar refractivity (Wildman–Crippen MR) is 153 cm³/mol. The fourth-order valence-electron chi connectivity index (χ4n) is 4.07. The number of methoxy groups -OCH3 is 2. The highest BCUT2D eigenvalue weighted by Gasteiger charge is 2.32. The quantitative estimate of drug-likeness (QED) is 0.193. The highest BCUT2D eigenvalue weighted by atomic mass is 35.5. The van der Waals surface area contributed by atoms with Crippen LogP contribution in [0.2, 0.25) is 10.0 Å². The maximum absolute atomic E-state index is 12.8. The van der Waals surface area contributed by atoms with Crippen molar-refractivity contribution in [1.82, 2.24) is 4.90 Å². The van der Waals surface area contributed by atoms with Crippen LogP contribution >= 0.6 is 23.2 Å². The maximum Gasteiger partial charge on any atom is 0.411 e. The molecule has 0 bridgehead atoms. The van der Waals surface area contributed by atoms with E-state index in [1.54, 1.807) is 0 Å². The molecule has 2 aromatic rings. The molecule has 1 aliphatic rings. The Bertz CT molecular complexity index is 1330. The van der Waals surface area contributed by atoms with Crippen LogP contribution in [0.1, 0.15) is 0 Å². The first-order chi connectivity index (χ1) is 19.3. The second-order valence-corrected chi connectivity index (χ2v) is 10.3. The molecule has 1 saturated heterocycles. The summed E-state index contributed by atoms with van der Waals surface area (Å²) in [5.74, 6) is -1.28. The normalized spacial score (nSPS) is 14.5. The molecule has 0 unspecified atom stereocenters. The second kappa shape index (κ2) is 13.6. The molecule has 222 valence electrons. The Labute approximate surface area is 245 Å². The largest absolute Gasteiger partial charge is 0.506 e. The van der Waals surface area contributed by atoms with E-state index in [-0.39, 0.29) is 69.2 Å². The molecular formula is C25H31Cl2N6O8+. The first-order valence-electron chi connectivity index (χ1n) is 12.2. The number of carbonyl (C=O) groups excluding carboxylic acids is 4. The molecule has 14 nitrogen and oxygen atoms in total. The lowest BCUT2D eigenvalue weighted by atomic mass is 10.2. The molecule has 0 aliphatic carbocycles. The molecule has 0 aromatic heterocycles. The lowest BCUT2D eigenvalue weighted by Gasteiger charge is -2.41. The summed E-state index contributed by atoms with van der Waals surface area (Å²) in [5, 5.41) is 30.5. The third kappa shape index (κ3) is 8.75. The number of anilines is 4. The number of amides is 4. The van der Waals surface area contributed by atoms with E-state index in [4.69, 9.17) is 23.2 Å². The van der Waals surface area contributed by atoms with Gasteiger partial charge in [0.15, 0.2) is 6.54 Å². The number of piperazine rings is 1. The number of carbonyl (C=O) groups is 4. The number of ether oxygens (including phenoxy) is 2. The molecule has 0 spiro atoms. The third-order valence-corrected chi connectivity index (χ3v) is 6.99. The van der Waals surface area contributed by atoms with Gasteiger partial charge in [-0.3, -0.25) is 25.1 Å². The topological polar surface area (TPSA) is 179 Å². The molecule has 1 heterocycles. The van der Waals surface area contributed by atoms with Crippen molar-refractivity contribution in [3.05, 3.63) is 34.3 Å². The van der Waals surface area contributed by atoms with Gasteiger partial charge in [-0.25, -0.2) is 9.59 Å². The van der Waals surface area contributed by atoms with Gasteiger partial charge < -0.3 is 34.8 Å². The Morgan fingerprint density at radius 1 is 0.780 bits per heavy atom. The number of phenolic OH excluding ortho intramolecular Hbond substituents is 2. The summed E-state index contributed by atoms with van der Waals surface area (Å²) in [4.78, 5) is 50.1. The number of halogens is 2. The van der Waals surface area contributed by atoms with E-state index in [0.717, 1.165) is 0 Å². The smallest absolute Gasteiger partial charge is 0.411 e. The van der Waals surface area contributed by atoms with Crippen molar-refractivity contribution >= 4 is 70.0 Å². The van der Waals surface area contributed by atoms with Gasteiger partial charge in [0.1, 0.15) is 11.5 Å². The van der Waals surface area contributed by atoms with Crippen LogP contribution in [0.25, 0.3) is 0 Å². The molecule has 4 amide bonds. The van der Waals surface area contributed by atoms with Crippen molar-refractivity contribution in [2.75, 3.05) is 81.8 Å². The molecule has 0 saturated carbocycles. The number of likely N-dealkylation sites (N-methyl/N-ethyl adjacent to an activating group) is 1. The summed E-state index contributed by atoms with van der Waals surface area (Å²) in [6.45, 7) is 2.42. The molecule has 6 N–H and O–H groups in total. The van der Waals surface area contributed by atoms with Gasteiger partial charge in [-0.05, 0) is 12.1 Å². The van der Waals surface area contributed by atoms with Gasteiger partial charge >= 0.3 is 12.2 Å². The van der Waals surface area contributed by atoms with Crippen LogP contribution in [0, 0.1) is 0 Å². The molecule has 2 aromatic carbocycles. The fraction of sp³-hybridized carbons (Fsp3) is 0.360. The molecule has 41 heavy (non-hydrogen) atoms. The van der Waals surface area contributed by atoms with Crippen LogP contribution in [0.3, 0.4) is 0 Å². The lowest BCUT2D eigenvalue weighted by molar-refractivity contribution is -0.905.